The standard InChI is InChI=1S/C11H22N2O/c1-3-7-13-11(10(12)14)6-4-5-9(2)8-11/h9,13H,3-8H2,1-2H3,(H2,12,14). The lowest BCUT2D eigenvalue weighted by Crippen LogP contribution is -2.57. The zero-order valence-corrected chi connectivity index (χ0v) is 9.31. The normalized spacial score (nSPS) is 32.9. The highest BCUT2D eigenvalue weighted by Gasteiger charge is 2.39. The molecule has 0 aromatic carbocycles. The molecule has 1 fully saturated rings. The monoisotopic (exact) mass is 198 g/mol. The Labute approximate surface area is 86.4 Å². The van der Waals surface area contributed by atoms with Gasteiger partial charge in [-0.3, -0.25) is 4.79 Å². The van der Waals surface area contributed by atoms with E-state index in [1.807, 2.05) is 0 Å². The minimum atomic E-state index is -0.409. The molecule has 3 N–H and O–H groups in total. The Morgan fingerprint density at radius 2 is 2.36 bits per heavy atom. The minimum Gasteiger partial charge on any atom is -0.368 e. The molecule has 2 atom stereocenters. The fourth-order valence-corrected chi connectivity index (χ4v) is 2.39. The molecule has 2 unspecified atom stereocenters. The molecule has 0 aromatic rings. The lowest BCUT2D eigenvalue weighted by atomic mass is 9.76. The Bertz CT molecular complexity index is 205. The molecule has 1 aliphatic rings. The van der Waals surface area contributed by atoms with E-state index in [9.17, 15) is 4.79 Å². The molecule has 14 heavy (non-hydrogen) atoms. The zero-order valence-electron chi connectivity index (χ0n) is 9.31. The summed E-state index contributed by atoms with van der Waals surface area (Å²) in [6.45, 7) is 5.19. The van der Waals surface area contributed by atoms with E-state index in [-0.39, 0.29) is 5.91 Å². The van der Waals surface area contributed by atoms with Gasteiger partial charge in [-0.05, 0) is 31.7 Å². The quantitative estimate of drug-likeness (QED) is 0.718. The maximum atomic E-state index is 11.5. The second-order valence-electron chi connectivity index (χ2n) is 4.57. The minimum absolute atomic E-state index is 0.169. The van der Waals surface area contributed by atoms with E-state index in [0.29, 0.717) is 5.92 Å². The smallest absolute Gasteiger partial charge is 0.237 e. The van der Waals surface area contributed by atoms with Crippen molar-refractivity contribution in [1.82, 2.24) is 5.32 Å². The molecule has 0 heterocycles. The average Bonchev–Trinajstić information content (AvgIpc) is 2.14. The van der Waals surface area contributed by atoms with Crippen molar-refractivity contribution in [2.75, 3.05) is 6.54 Å². The third-order valence-electron chi connectivity index (χ3n) is 3.18. The Morgan fingerprint density at radius 3 is 2.86 bits per heavy atom. The number of nitrogens with two attached hydrogens (primary N) is 1. The molecule has 1 amide bonds. The molecule has 0 aliphatic heterocycles. The first-order chi connectivity index (χ1) is 6.60. The molecular weight excluding hydrogens is 176 g/mol. The third-order valence-corrected chi connectivity index (χ3v) is 3.18. The van der Waals surface area contributed by atoms with Crippen molar-refractivity contribution in [3.63, 3.8) is 0 Å². The maximum Gasteiger partial charge on any atom is 0.237 e. The van der Waals surface area contributed by atoms with Gasteiger partial charge in [-0.15, -0.1) is 0 Å². The second kappa shape index (κ2) is 4.78. The van der Waals surface area contributed by atoms with Crippen molar-refractivity contribution in [3.05, 3.63) is 0 Å². The Kier molecular flexibility index (Phi) is 3.93. The van der Waals surface area contributed by atoms with Crippen molar-refractivity contribution >= 4 is 5.91 Å². The van der Waals surface area contributed by atoms with Crippen molar-refractivity contribution in [2.45, 2.75) is 51.5 Å². The van der Waals surface area contributed by atoms with Crippen LogP contribution in [0.2, 0.25) is 0 Å². The predicted octanol–water partition coefficient (Wildman–Crippen LogP) is 1.42. The fraction of sp³-hybridized carbons (Fsp3) is 0.909. The highest BCUT2D eigenvalue weighted by Crippen LogP contribution is 2.31. The summed E-state index contributed by atoms with van der Waals surface area (Å²) in [5.41, 5.74) is 5.09. The number of nitrogens with one attached hydrogen (secondary N) is 1. The van der Waals surface area contributed by atoms with E-state index in [2.05, 4.69) is 19.2 Å². The summed E-state index contributed by atoms with van der Waals surface area (Å²) >= 11 is 0. The van der Waals surface area contributed by atoms with Crippen LogP contribution in [0.1, 0.15) is 46.0 Å². The van der Waals surface area contributed by atoms with E-state index >= 15 is 0 Å². The van der Waals surface area contributed by atoms with Gasteiger partial charge in [0.15, 0.2) is 0 Å². The number of rotatable bonds is 4. The van der Waals surface area contributed by atoms with E-state index in [0.717, 1.165) is 32.2 Å². The number of hydrogen-bond donors (Lipinski definition) is 2. The Hall–Kier alpha value is -0.570. The highest BCUT2D eigenvalue weighted by molar-refractivity contribution is 5.84. The molecule has 0 aromatic heterocycles. The molecule has 0 bridgehead atoms. The average molecular weight is 198 g/mol. The predicted molar refractivity (Wildman–Crippen MR) is 57.9 cm³/mol. The summed E-state index contributed by atoms with van der Waals surface area (Å²) in [5, 5.41) is 3.34. The summed E-state index contributed by atoms with van der Waals surface area (Å²) < 4.78 is 0. The number of primary amides is 1. The summed E-state index contributed by atoms with van der Waals surface area (Å²) in [4.78, 5) is 11.5. The lowest BCUT2D eigenvalue weighted by Gasteiger charge is -2.38. The number of carbonyl (C=O) groups is 1. The topological polar surface area (TPSA) is 55.1 Å². The first-order valence-electron chi connectivity index (χ1n) is 5.65. The van der Waals surface area contributed by atoms with Crippen LogP contribution in [-0.4, -0.2) is 18.0 Å². The van der Waals surface area contributed by atoms with Gasteiger partial charge in [0.05, 0.1) is 5.54 Å². The Morgan fingerprint density at radius 1 is 1.64 bits per heavy atom. The van der Waals surface area contributed by atoms with Gasteiger partial charge < -0.3 is 11.1 Å². The molecule has 1 aliphatic carbocycles. The largest absolute Gasteiger partial charge is 0.368 e. The van der Waals surface area contributed by atoms with Crippen LogP contribution in [0.3, 0.4) is 0 Å². The molecule has 1 rings (SSSR count). The van der Waals surface area contributed by atoms with Gasteiger partial charge in [0, 0.05) is 0 Å². The van der Waals surface area contributed by atoms with Gasteiger partial charge in [-0.2, -0.15) is 0 Å². The van der Waals surface area contributed by atoms with Crippen LogP contribution in [0, 0.1) is 5.92 Å². The van der Waals surface area contributed by atoms with Crippen LogP contribution in [0.25, 0.3) is 0 Å². The highest BCUT2D eigenvalue weighted by atomic mass is 16.1. The summed E-state index contributed by atoms with van der Waals surface area (Å²) in [7, 11) is 0. The van der Waals surface area contributed by atoms with Crippen molar-refractivity contribution < 1.29 is 4.79 Å². The zero-order chi connectivity index (χ0) is 10.6. The SMILES string of the molecule is CCCNC1(C(N)=O)CCCC(C)C1. The number of carbonyl (C=O) groups excluding carboxylic acids is 1. The van der Waals surface area contributed by atoms with Crippen molar-refractivity contribution in [2.24, 2.45) is 11.7 Å². The van der Waals surface area contributed by atoms with Crippen LogP contribution in [0.5, 0.6) is 0 Å². The fourth-order valence-electron chi connectivity index (χ4n) is 2.39. The van der Waals surface area contributed by atoms with Crippen LogP contribution in [0.15, 0.2) is 0 Å². The van der Waals surface area contributed by atoms with Gasteiger partial charge in [0.1, 0.15) is 0 Å². The molecule has 3 heteroatoms. The van der Waals surface area contributed by atoms with Crippen LogP contribution in [0.4, 0.5) is 0 Å². The summed E-state index contributed by atoms with van der Waals surface area (Å²) in [6.07, 6.45) is 5.20. The summed E-state index contributed by atoms with van der Waals surface area (Å²) in [6, 6.07) is 0. The Balaban J connectivity index is 2.65. The van der Waals surface area contributed by atoms with Crippen molar-refractivity contribution in [1.29, 1.82) is 0 Å². The lowest BCUT2D eigenvalue weighted by molar-refractivity contribution is -0.126. The van der Waals surface area contributed by atoms with Gasteiger partial charge in [-0.1, -0.05) is 26.7 Å². The molecule has 3 nitrogen and oxygen atoms in total. The number of hydrogen-bond acceptors (Lipinski definition) is 2. The molecule has 0 saturated heterocycles. The maximum absolute atomic E-state index is 11.5. The van der Waals surface area contributed by atoms with Crippen molar-refractivity contribution in [3.8, 4) is 0 Å². The first-order valence-corrected chi connectivity index (χ1v) is 5.65. The van der Waals surface area contributed by atoms with Gasteiger partial charge in [0.2, 0.25) is 5.91 Å². The molecule has 0 radical (unpaired) electrons. The molecule has 82 valence electrons. The van der Waals surface area contributed by atoms with Gasteiger partial charge in [0.25, 0.3) is 0 Å². The molecule has 1 saturated carbocycles. The summed E-state index contributed by atoms with van der Waals surface area (Å²) in [5.74, 6) is 0.443. The van der Waals surface area contributed by atoms with E-state index in [1.165, 1.54) is 6.42 Å². The number of amides is 1. The van der Waals surface area contributed by atoms with Crippen LogP contribution >= 0.6 is 0 Å². The van der Waals surface area contributed by atoms with Crippen LogP contribution in [-0.2, 0) is 4.79 Å². The van der Waals surface area contributed by atoms with Crippen LogP contribution < -0.4 is 11.1 Å². The van der Waals surface area contributed by atoms with E-state index < -0.39 is 5.54 Å². The second-order valence-corrected chi connectivity index (χ2v) is 4.57. The first kappa shape index (κ1) is 11.5. The van der Waals surface area contributed by atoms with Gasteiger partial charge >= 0.3 is 0 Å². The molecular formula is C11H22N2O. The van der Waals surface area contributed by atoms with E-state index in [4.69, 9.17) is 5.73 Å². The van der Waals surface area contributed by atoms with Gasteiger partial charge in [-0.25, -0.2) is 0 Å². The third kappa shape index (κ3) is 2.47. The van der Waals surface area contributed by atoms with E-state index in [1.54, 1.807) is 0 Å². The molecule has 0 spiro atoms.